The Bertz CT molecular complexity index is 757. The average molecular weight is 367 g/mol. The van der Waals surface area contributed by atoms with Crippen molar-refractivity contribution in [1.82, 2.24) is 4.31 Å². The monoisotopic (exact) mass is 367 g/mol. The molecular formula is C12H17NO8S2. The molecule has 0 atom stereocenters. The lowest BCUT2D eigenvalue weighted by atomic mass is 10.2. The van der Waals surface area contributed by atoms with E-state index in [1.807, 2.05) is 0 Å². The van der Waals surface area contributed by atoms with Gasteiger partial charge in [-0.25, -0.2) is 13.2 Å². The van der Waals surface area contributed by atoms with Crippen molar-refractivity contribution in [3.8, 4) is 0 Å². The van der Waals surface area contributed by atoms with Gasteiger partial charge in [0.05, 0.1) is 29.9 Å². The highest BCUT2D eigenvalue weighted by Crippen LogP contribution is 2.17. The number of benzene rings is 1. The first-order valence-electron chi connectivity index (χ1n) is 6.36. The van der Waals surface area contributed by atoms with E-state index in [9.17, 15) is 21.6 Å². The van der Waals surface area contributed by atoms with Gasteiger partial charge in [0.1, 0.15) is 0 Å². The average Bonchev–Trinajstić information content (AvgIpc) is 2.49. The molecule has 0 saturated heterocycles. The first-order valence-corrected chi connectivity index (χ1v) is 9.41. The lowest BCUT2D eigenvalue weighted by Crippen LogP contribution is -2.37. The van der Waals surface area contributed by atoms with Gasteiger partial charge in [-0.3, -0.25) is 4.55 Å². The Hall–Kier alpha value is -1.53. The van der Waals surface area contributed by atoms with Gasteiger partial charge in [-0.1, -0.05) is 6.07 Å². The fourth-order valence-electron chi connectivity index (χ4n) is 1.73. The number of hydrogen-bond donors (Lipinski definition) is 2. The molecule has 0 fully saturated rings. The van der Waals surface area contributed by atoms with Crippen LogP contribution in [0.3, 0.4) is 0 Å². The molecule has 23 heavy (non-hydrogen) atoms. The first kappa shape index (κ1) is 19.5. The van der Waals surface area contributed by atoms with Crippen molar-refractivity contribution >= 4 is 26.1 Å². The summed E-state index contributed by atoms with van der Waals surface area (Å²) in [5, 5.41) is 8.97. The molecule has 0 bridgehead atoms. The normalized spacial score (nSPS) is 12.3. The van der Waals surface area contributed by atoms with Crippen LogP contribution in [0.1, 0.15) is 10.4 Å². The van der Waals surface area contributed by atoms with Crippen molar-refractivity contribution in [2.24, 2.45) is 0 Å². The maximum Gasteiger partial charge on any atom is 0.337 e. The molecule has 11 heteroatoms. The highest BCUT2D eigenvalue weighted by molar-refractivity contribution is 7.89. The topological polar surface area (TPSA) is 138 Å². The smallest absolute Gasteiger partial charge is 0.337 e. The largest absolute Gasteiger partial charge is 0.465 e. The summed E-state index contributed by atoms with van der Waals surface area (Å²) >= 11 is 0. The van der Waals surface area contributed by atoms with Gasteiger partial charge in [-0.2, -0.15) is 12.7 Å². The minimum Gasteiger partial charge on any atom is -0.465 e. The second kappa shape index (κ2) is 7.84. The molecule has 0 amide bonds. The number of rotatable bonds is 8. The third-order valence-electron chi connectivity index (χ3n) is 2.84. The van der Waals surface area contributed by atoms with Gasteiger partial charge >= 0.3 is 5.97 Å². The Kier molecular flexibility index (Phi) is 6.65. The van der Waals surface area contributed by atoms with Crippen molar-refractivity contribution < 1.29 is 36.0 Å². The molecule has 0 radical (unpaired) electrons. The van der Waals surface area contributed by atoms with Gasteiger partial charge in [-0.15, -0.1) is 0 Å². The summed E-state index contributed by atoms with van der Waals surface area (Å²) in [5.41, 5.74) is 0.00676. The quantitative estimate of drug-likeness (QED) is 0.456. The van der Waals surface area contributed by atoms with Crippen LogP contribution >= 0.6 is 0 Å². The zero-order valence-corrected chi connectivity index (χ0v) is 13.9. The van der Waals surface area contributed by atoms with Crippen LogP contribution in [0.2, 0.25) is 0 Å². The number of esters is 1. The summed E-state index contributed by atoms with van der Waals surface area (Å²) in [6, 6.07) is 5.00. The predicted molar refractivity (Wildman–Crippen MR) is 80.0 cm³/mol. The lowest BCUT2D eigenvalue weighted by molar-refractivity contribution is 0.0600. The summed E-state index contributed by atoms with van der Waals surface area (Å²) in [5.74, 6) is -1.54. The zero-order chi connectivity index (χ0) is 17.7. The minimum absolute atomic E-state index is 0.00676. The molecular weight excluding hydrogens is 350 g/mol. The molecule has 1 rings (SSSR count). The summed E-state index contributed by atoms with van der Waals surface area (Å²) in [6.07, 6.45) is 0. The lowest BCUT2D eigenvalue weighted by Gasteiger charge is -2.20. The van der Waals surface area contributed by atoms with Crippen LogP contribution in [-0.4, -0.2) is 69.3 Å². The number of aliphatic hydroxyl groups is 1. The van der Waals surface area contributed by atoms with E-state index in [2.05, 4.69) is 4.74 Å². The van der Waals surface area contributed by atoms with E-state index in [1.54, 1.807) is 0 Å². The Balaban J connectivity index is 3.17. The van der Waals surface area contributed by atoms with E-state index in [0.29, 0.717) is 4.31 Å². The number of carbonyl (C=O) groups excluding carboxylic acids is 1. The molecule has 0 heterocycles. The third kappa shape index (κ3) is 5.55. The standard InChI is InChI=1S/C12H17NO8S2/c1-21-12(15)10-3-2-4-11(9-10)23(19,20)13(5-7-14)6-8-22(16,17)18/h2-4,9,14H,5-8H2,1H3,(H,16,17,18). The third-order valence-corrected chi connectivity index (χ3v) is 5.43. The van der Waals surface area contributed by atoms with E-state index in [0.717, 1.165) is 13.2 Å². The SMILES string of the molecule is COC(=O)c1cccc(S(=O)(=O)N(CCO)CCS(=O)(=O)O)c1. The van der Waals surface area contributed by atoms with Crippen LogP contribution in [-0.2, 0) is 24.9 Å². The molecule has 0 spiro atoms. The summed E-state index contributed by atoms with van der Waals surface area (Å²) in [6.45, 7) is -1.44. The molecule has 2 N–H and O–H groups in total. The van der Waals surface area contributed by atoms with Crippen molar-refractivity contribution in [1.29, 1.82) is 0 Å². The summed E-state index contributed by atoms with van der Waals surface area (Å²) < 4.78 is 60.5. The number of aliphatic hydroxyl groups excluding tert-OH is 1. The number of ether oxygens (including phenoxy) is 1. The van der Waals surface area contributed by atoms with Crippen molar-refractivity contribution in [3.05, 3.63) is 29.8 Å². The van der Waals surface area contributed by atoms with Gasteiger partial charge in [0.25, 0.3) is 10.1 Å². The van der Waals surface area contributed by atoms with E-state index in [4.69, 9.17) is 9.66 Å². The maximum atomic E-state index is 12.5. The van der Waals surface area contributed by atoms with Crippen molar-refractivity contribution in [2.75, 3.05) is 32.6 Å². The molecule has 9 nitrogen and oxygen atoms in total. The number of sulfonamides is 1. The van der Waals surface area contributed by atoms with Gasteiger partial charge in [0, 0.05) is 13.1 Å². The Labute approximate surface area is 134 Å². The number of methoxy groups -OCH3 is 1. The number of carbonyl (C=O) groups is 1. The number of nitrogens with zero attached hydrogens (tertiary/aromatic N) is 1. The molecule has 0 aliphatic rings. The molecule has 0 aliphatic heterocycles. The molecule has 0 aliphatic carbocycles. The minimum atomic E-state index is -4.37. The zero-order valence-electron chi connectivity index (χ0n) is 12.2. The van der Waals surface area contributed by atoms with Gasteiger partial charge in [0.2, 0.25) is 10.0 Å². The molecule has 1 aromatic rings. The highest BCUT2D eigenvalue weighted by atomic mass is 32.2. The van der Waals surface area contributed by atoms with Crippen LogP contribution < -0.4 is 0 Å². The van der Waals surface area contributed by atoms with Gasteiger partial charge in [0.15, 0.2) is 0 Å². The fraction of sp³-hybridized carbons (Fsp3) is 0.417. The van der Waals surface area contributed by atoms with Gasteiger partial charge < -0.3 is 9.84 Å². The molecule has 1 aromatic carbocycles. The maximum absolute atomic E-state index is 12.5. The Morgan fingerprint density at radius 2 is 1.87 bits per heavy atom. The fourth-order valence-corrected chi connectivity index (χ4v) is 3.78. The van der Waals surface area contributed by atoms with Crippen molar-refractivity contribution in [2.45, 2.75) is 4.90 Å². The van der Waals surface area contributed by atoms with E-state index < -0.39 is 45.0 Å². The van der Waals surface area contributed by atoms with Crippen LogP contribution in [0.5, 0.6) is 0 Å². The number of hydrogen-bond acceptors (Lipinski definition) is 7. The van der Waals surface area contributed by atoms with Crippen molar-refractivity contribution in [3.63, 3.8) is 0 Å². The highest BCUT2D eigenvalue weighted by Gasteiger charge is 2.26. The molecule has 0 saturated carbocycles. The molecule has 0 unspecified atom stereocenters. The Morgan fingerprint density at radius 3 is 2.39 bits per heavy atom. The van der Waals surface area contributed by atoms with E-state index >= 15 is 0 Å². The van der Waals surface area contributed by atoms with Crippen LogP contribution in [0, 0.1) is 0 Å². The van der Waals surface area contributed by atoms with E-state index in [-0.39, 0.29) is 17.0 Å². The van der Waals surface area contributed by atoms with E-state index in [1.165, 1.54) is 18.2 Å². The predicted octanol–water partition coefficient (Wildman–Crippen LogP) is -0.656. The molecule has 0 aromatic heterocycles. The first-order chi connectivity index (χ1) is 10.6. The van der Waals surface area contributed by atoms with Gasteiger partial charge in [-0.05, 0) is 18.2 Å². The molecule has 130 valence electrons. The van der Waals surface area contributed by atoms with Crippen LogP contribution in [0.25, 0.3) is 0 Å². The second-order valence-electron chi connectivity index (χ2n) is 4.43. The Morgan fingerprint density at radius 1 is 1.22 bits per heavy atom. The van der Waals surface area contributed by atoms with Crippen LogP contribution in [0.15, 0.2) is 29.2 Å². The summed E-state index contributed by atoms with van der Waals surface area (Å²) in [4.78, 5) is 11.2. The second-order valence-corrected chi connectivity index (χ2v) is 7.94. The summed E-state index contributed by atoms with van der Waals surface area (Å²) in [7, 11) is -7.38. The van der Waals surface area contributed by atoms with Crippen LogP contribution in [0.4, 0.5) is 0 Å².